The number of aromatic nitrogens is 1. The van der Waals surface area contributed by atoms with Crippen molar-refractivity contribution < 1.29 is 9.63 Å². The molecule has 0 bridgehead atoms. The largest absolute Gasteiger partial charge is 0.364 e. The average molecular weight is 214 g/mol. The molecule has 1 aromatic heterocycles. The molecule has 80 valence electrons. The van der Waals surface area contributed by atoms with Gasteiger partial charge < -0.3 is 4.84 Å². The van der Waals surface area contributed by atoms with Crippen molar-refractivity contribution in [2.24, 2.45) is 0 Å². The number of benzene rings is 1. The number of hydrogen-bond acceptors (Lipinski definition) is 4. The van der Waals surface area contributed by atoms with E-state index in [1.54, 1.807) is 17.3 Å². The third kappa shape index (κ3) is 1.63. The number of fused-ring (bicyclic) bond motifs is 1. The lowest BCUT2D eigenvalue weighted by atomic mass is 10.1. The Hall–Kier alpha value is -1.94. The first kappa shape index (κ1) is 9.30. The molecule has 1 aliphatic heterocycles. The number of rotatable bonds is 2. The highest BCUT2D eigenvalue weighted by molar-refractivity contribution is 6.03. The molecule has 16 heavy (non-hydrogen) atoms. The van der Waals surface area contributed by atoms with Crippen LogP contribution in [0.1, 0.15) is 10.4 Å². The molecule has 1 aromatic carbocycles. The maximum absolute atomic E-state index is 11.8. The Labute approximate surface area is 92.4 Å². The van der Waals surface area contributed by atoms with Gasteiger partial charge in [-0.3, -0.25) is 4.98 Å². The van der Waals surface area contributed by atoms with Crippen molar-refractivity contribution in [3.8, 4) is 0 Å². The summed E-state index contributed by atoms with van der Waals surface area (Å²) < 4.78 is 0. The topological polar surface area (TPSA) is 42.2 Å². The van der Waals surface area contributed by atoms with E-state index in [1.807, 2.05) is 24.3 Å². The third-order valence-electron chi connectivity index (χ3n) is 2.48. The van der Waals surface area contributed by atoms with Gasteiger partial charge in [-0.25, -0.2) is 4.79 Å². The van der Waals surface area contributed by atoms with E-state index >= 15 is 0 Å². The van der Waals surface area contributed by atoms with Crippen LogP contribution in [0.25, 0.3) is 10.9 Å². The Morgan fingerprint density at radius 2 is 2.12 bits per heavy atom. The van der Waals surface area contributed by atoms with Crippen molar-refractivity contribution in [3.05, 3.63) is 42.1 Å². The zero-order valence-corrected chi connectivity index (χ0v) is 8.59. The molecule has 1 saturated heterocycles. The first-order valence-corrected chi connectivity index (χ1v) is 5.15. The lowest BCUT2D eigenvalue weighted by molar-refractivity contribution is -0.0280. The first-order chi connectivity index (χ1) is 7.84. The highest BCUT2D eigenvalue weighted by atomic mass is 16.7. The van der Waals surface area contributed by atoms with Crippen molar-refractivity contribution in [1.29, 1.82) is 0 Å². The Morgan fingerprint density at radius 3 is 2.94 bits per heavy atom. The lowest BCUT2D eigenvalue weighted by Gasteiger charge is -2.05. The molecule has 3 rings (SSSR count). The minimum Gasteiger partial charge on any atom is -0.364 e. The molecule has 0 N–H and O–H groups in total. The molecule has 0 atom stereocenters. The van der Waals surface area contributed by atoms with Gasteiger partial charge >= 0.3 is 5.97 Å². The van der Waals surface area contributed by atoms with Crippen LogP contribution in [0.4, 0.5) is 0 Å². The van der Waals surface area contributed by atoms with Crippen LogP contribution in [0.5, 0.6) is 0 Å². The summed E-state index contributed by atoms with van der Waals surface area (Å²) in [4.78, 5) is 21.1. The Kier molecular flexibility index (Phi) is 2.08. The van der Waals surface area contributed by atoms with Crippen LogP contribution in [0.15, 0.2) is 36.5 Å². The van der Waals surface area contributed by atoms with Crippen LogP contribution in [-0.4, -0.2) is 29.1 Å². The fourth-order valence-corrected chi connectivity index (χ4v) is 1.58. The maximum Gasteiger partial charge on any atom is 0.357 e. The SMILES string of the molecule is O=C(ON1CC1)c1cccc2ncccc12. The second-order valence-corrected chi connectivity index (χ2v) is 3.68. The van der Waals surface area contributed by atoms with Gasteiger partial charge in [0.25, 0.3) is 0 Å². The summed E-state index contributed by atoms with van der Waals surface area (Å²) >= 11 is 0. The predicted molar refractivity (Wildman–Crippen MR) is 58.7 cm³/mol. The molecular weight excluding hydrogens is 204 g/mol. The van der Waals surface area contributed by atoms with Crippen molar-refractivity contribution in [1.82, 2.24) is 10.0 Å². The van der Waals surface area contributed by atoms with E-state index in [2.05, 4.69) is 4.98 Å². The summed E-state index contributed by atoms with van der Waals surface area (Å²) in [5, 5.41) is 2.45. The van der Waals surface area contributed by atoms with Gasteiger partial charge in [0.2, 0.25) is 0 Å². The van der Waals surface area contributed by atoms with Gasteiger partial charge in [-0.2, -0.15) is 0 Å². The highest BCUT2D eigenvalue weighted by Crippen LogP contribution is 2.18. The number of pyridine rings is 1. The van der Waals surface area contributed by atoms with Crippen LogP contribution in [0.3, 0.4) is 0 Å². The van der Waals surface area contributed by atoms with Gasteiger partial charge in [0.15, 0.2) is 0 Å². The molecule has 0 radical (unpaired) electrons. The minimum absolute atomic E-state index is 0.309. The van der Waals surface area contributed by atoms with Crippen LogP contribution in [-0.2, 0) is 4.84 Å². The second-order valence-electron chi connectivity index (χ2n) is 3.68. The molecule has 4 heteroatoms. The third-order valence-corrected chi connectivity index (χ3v) is 2.48. The smallest absolute Gasteiger partial charge is 0.357 e. The Bertz CT molecular complexity index is 544. The van der Waals surface area contributed by atoms with Crippen molar-refractivity contribution >= 4 is 16.9 Å². The lowest BCUT2D eigenvalue weighted by Crippen LogP contribution is -2.10. The molecule has 0 amide bonds. The zero-order valence-electron chi connectivity index (χ0n) is 8.59. The molecule has 2 heterocycles. The summed E-state index contributed by atoms with van der Waals surface area (Å²) in [5.74, 6) is -0.309. The Morgan fingerprint density at radius 1 is 1.25 bits per heavy atom. The Balaban J connectivity index is 2.04. The summed E-state index contributed by atoms with van der Waals surface area (Å²) in [6.45, 7) is 1.66. The fourth-order valence-electron chi connectivity index (χ4n) is 1.58. The van der Waals surface area contributed by atoms with E-state index in [0.717, 1.165) is 24.0 Å². The van der Waals surface area contributed by atoms with E-state index in [0.29, 0.717) is 5.56 Å². The predicted octanol–water partition coefficient (Wildman–Crippen LogP) is 1.62. The molecule has 1 fully saturated rings. The van der Waals surface area contributed by atoms with Gasteiger partial charge in [0.05, 0.1) is 24.2 Å². The quantitative estimate of drug-likeness (QED) is 0.712. The number of nitrogens with zero attached hydrogens (tertiary/aromatic N) is 2. The van der Waals surface area contributed by atoms with Gasteiger partial charge in [0, 0.05) is 11.6 Å². The molecule has 0 spiro atoms. The van der Waals surface area contributed by atoms with Gasteiger partial charge in [-0.1, -0.05) is 12.1 Å². The first-order valence-electron chi connectivity index (χ1n) is 5.15. The van der Waals surface area contributed by atoms with Gasteiger partial charge in [0.1, 0.15) is 0 Å². The monoisotopic (exact) mass is 214 g/mol. The number of hydroxylamine groups is 2. The van der Waals surface area contributed by atoms with Crippen molar-refractivity contribution in [3.63, 3.8) is 0 Å². The minimum atomic E-state index is -0.309. The van der Waals surface area contributed by atoms with Crippen molar-refractivity contribution in [2.75, 3.05) is 13.1 Å². The van der Waals surface area contributed by atoms with Gasteiger partial charge in [-0.05, 0) is 18.2 Å². The number of carbonyl (C=O) groups excluding carboxylic acids is 1. The fraction of sp³-hybridized carbons (Fsp3) is 0.167. The summed E-state index contributed by atoms with van der Waals surface area (Å²) in [7, 11) is 0. The van der Waals surface area contributed by atoms with E-state index in [4.69, 9.17) is 4.84 Å². The van der Waals surface area contributed by atoms with Crippen LogP contribution in [0.2, 0.25) is 0 Å². The summed E-state index contributed by atoms with van der Waals surface area (Å²) in [5.41, 5.74) is 1.38. The molecule has 0 aliphatic carbocycles. The maximum atomic E-state index is 11.8. The van der Waals surface area contributed by atoms with Crippen LogP contribution >= 0.6 is 0 Å². The van der Waals surface area contributed by atoms with E-state index < -0.39 is 0 Å². The van der Waals surface area contributed by atoms with Crippen molar-refractivity contribution in [2.45, 2.75) is 0 Å². The zero-order chi connectivity index (χ0) is 11.0. The number of hydrogen-bond donors (Lipinski definition) is 0. The van der Waals surface area contributed by atoms with E-state index in [9.17, 15) is 4.79 Å². The number of carbonyl (C=O) groups is 1. The van der Waals surface area contributed by atoms with E-state index in [-0.39, 0.29) is 5.97 Å². The standard InChI is InChI=1S/C12H10N2O2/c15-12(16-14-7-8-14)10-3-1-5-11-9(10)4-2-6-13-11/h1-6H,7-8H2. The van der Waals surface area contributed by atoms with E-state index in [1.165, 1.54) is 0 Å². The molecule has 0 unspecified atom stereocenters. The summed E-state index contributed by atoms with van der Waals surface area (Å²) in [6, 6.07) is 9.14. The molecule has 1 aliphatic rings. The van der Waals surface area contributed by atoms with Crippen LogP contribution < -0.4 is 0 Å². The second kappa shape index (κ2) is 3.57. The van der Waals surface area contributed by atoms with Gasteiger partial charge in [-0.15, -0.1) is 5.06 Å². The molecule has 0 saturated carbocycles. The molecule has 4 nitrogen and oxygen atoms in total. The summed E-state index contributed by atoms with van der Waals surface area (Å²) in [6.07, 6.45) is 1.71. The average Bonchev–Trinajstić information content (AvgIpc) is 3.12. The molecule has 2 aromatic rings. The normalized spacial score (nSPS) is 15.0. The highest BCUT2D eigenvalue weighted by Gasteiger charge is 2.24. The molecular formula is C12H10N2O2. The van der Waals surface area contributed by atoms with Crippen LogP contribution in [0, 0.1) is 0 Å².